The minimum Gasteiger partial charge on any atom is -0.348 e. The van der Waals surface area contributed by atoms with Crippen molar-refractivity contribution in [2.45, 2.75) is 44.9 Å². The maximum absolute atomic E-state index is 12.1. The molecule has 0 aliphatic carbocycles. The van der Waals surface area contributed by atoms with Crippen LogP contribution >= 0.6 is 0 Å². The third-order valence-corrected chi connectivity index (χ3v) is 4.06. The van der Waals surface area contributed by atoms with E-state index in [1.165, 1.54) is 5.56 Å². The lowest BCUT2D eigenvalue weighted by atomic mass is 10.1. The Bertz CT molecular complexity index is 494. The van der Waals surface area contributed by atoms with Crippen LogP contribution in [0.4, 0.5) is 13.2 Å². The zero-order valence-electron chi connectivity index (χ0n) is 14.9. The van der Waals surface area contributed by atoms with Crippen molar-refractivity contribution in [2.75, 3.05) is 26.7 Å². The van der Waals surface area contributed by atoms with Gasteiger partial charge in [-0.3, -0.25) is 9.69 Å². The van der Waals surface area contributed by atoms with Gasteiger partial charge in [-0.25, -0.2) is 0 Å². The molecule has 1 amide bonds. The van der Waals surface area contributed by atoms with E-state index in [2.05, 4.69) is 29.3 Å². The molecule has 4 nitrogen and oxygen atoms in total. The molecular formula is C18H28F3N3O. The highest BCUT2D eigenvalue weighted by molar-refractivity contribution is 5.81. The molecule has 0 bridgehead atoms. The van der Waals surface area contributed by atoms with E-state index in [1.807, 2.05) is 30.6 Å². The lowest BCUT2D eigenvalue weighted by molar-refractivity contribution is -0.173. The van der Waals surface area contributed by atoms with E-state index in [-0.39, 0.29) is 6.54 Å². The van der Waals surface area contributed by atoms with Crippen molar-refractivity contribution < 1.29 is 18.0 Å². The summed E-state index contributed by atoms with van der Waals surface area (Å²) in [6, 6.07) is 10.5. The minimum absolute atomic E-state index is 0.0461. The molecule has 0 aromatic heterocycles. The molecule has 0 radical (unpaired) electrons. The summed E-state index contributed by atoms with van der Waals surface area (Å²) in [5.41, 5.74) is 1.21. The highest BCUT2D eigenvalue weighted by atomic mass is 19.4. The Morgan fingerprint density at radius 1 is 1.16 bits per heavy atom. The van der Waals surface area contributed by atoms with Crippen molar-refractivity contribution in [3.8, 4) is 0 Å². The predicted molar refractivity (Wildman–Crippen MR) is 93.2 cm³/mol. The number of carbonyl (C=O) groups is 1. The standard InChI is InChI=1S/C18H28F3N3O/c1-15(22-2)10-13-24(14-16-8-4-3-5-9-16)12-7-6-11-23-17(25)18(19,20)21/h3-5,8-9,15,22H,6-7,10-14H2,1-2H3,(H,23,25)/t15-/m1/s1. The van der Waals surface area contributed by atoms with Crippen molar-refractivity contribution in [2.24, 2.45) is 0 Å². The Morgan fingerprint density at radius 3 is 2.44 bits per heavy atom. The van der Waals surface area contributed by atoms with Gasteiger partial charge < -0.3 is 10.6 Å². The Morgan fingerprint density at radius 2 is 1.84 bits per heavy atom. The zero-order valence-corrected chi connectivity index (χ0v) is 14.9. The molecule has 1 aromatic carbocycles. The number of nitrogens with zero attached hydrogens (tertiary/aromatic N) is 1. The quantitative estimate of drug-likeness (QED) is 0.597. The van der Waals surface area contributed by atoms with Crippen LogP contribution in [0.15, 0.2) is 30.3 Å². The van der Waals surface area contributed by atoms with E-state index in [9.17, 15) is 18.0 Å². The van der Waals surface area contributed by atoms with Gasteiger partial charge in [0.25, 0.3) is 0 Å². The van der Waals surface area contributed by atoms with Crippen LogP contribution < -0.4 is 10.6 Å². The second kappa shape index (κ2) is 11.1. The first-order valence-corrected chi connectivity index (χ1v) is 8.61. The van der Waals surface area contributed by atoms with Gasteiger partial charge in [0.1, 0.15) is 0 Å². The van der Waals surface area contributed by atoms with Gasteiger partial charge in [0.15, 0.2) is 0 Å². The van der Waals surface area contributed by atoms with E-state index in [0.717, 1.165) is 32.5 Å². The molecule has 7 heteroatoms. The van der Waals surface area contributed by atoms with Crippen LogP contribution in [0.1, 0.15) is 31.7 Å². The van der Waals surface area contributed by atoms with E-state index < -0.39 is 12.1 Å². The lowest BCUT2D eigenvalue weighted by Crippen LogP contribution is -2.37. The number of hydrogen-bond acceptors (Lipinski definition) is 3. The monoisotopic (exact) mass is 359 g/mol. The molecule has 0 aliphatic heterocycles. The van der Waals surface area contributed by atoms with E-state index in [0.29, 0.717) is 12.5 Å². The van der Waals surface area contributed by atoms with Gasteiger partial charge in [-0.1, -0.05) is 30.3 Å². The lowest BCUT2D eigenvalue weighted by Gasteiger charge is -2.24. The SMILES string of the molecule is CN[C@H](C)CCN(CCCCNC(=O)C(F)(F)F)Cc1ccccc1. The summed E-state index contributed by atoms with van der Waals surface area (Å²) in [4.78, 5) is 13.1. The van der Waals surface area contributed by atoms with Crippen LogP contribution in [-0.4, -0.2) is 49.7 Å². The highest BCUT2D eigenvalue weighted by Crippen LogP contribution is 2.14. The summed E-state index contributed by atoms with van der Waals surface area (Å²) >= 11 is 0. The van der Waals surface area contributed by atoms with Crippen molar-refractivity contribution in [3.63, 3.8) is 0 Å². The maximum Gasteiger partial charge on any atom is 0.471 e. The number of halogens is 3. The summed E-state index contributed by atoms with van der Waals surface area (Å²) < 4.78 is 36.3. The van der Waals surface area contributed by atoms with Crippen molar-refractivity contribution >= 4 is 5.91 Å². The molecule has 0 spiro atoms. The number of carbonyl (C=O) groups excluding carboxylic acids is 1. The van der Waals surface area contributed by atoms with Gasteiger partial charge in [0, 0.05) is 19.1 Å². The molecule has 0 fully saturated rings. The number of benzene rings is 1. The Labute approximate surface area is 147 Å². The molecule has 1 rings (SSSR count). The van der Waals surface area contributed by atoms with E-state index in [1.54, 1.807) is 0 Å². The number of nitrogens with one attached hydrogen (secondary N) is 2. The first-order valence-electron chi connectivity index (χ1n) is 8.61. The summed E-state index contributed by atoms with van der Waals surface area (Å²) in [5, 5.41) is 5.12. The first kappa shape index (κ1) is 21.4. The van der Waals surface area contributed by atoms with Crippen LogP contribution in [0.3, 0.4) is 0 Å². The zero-order chi connectivity index (χ0) is 18.7. The van der Waals surface area contributed by atoms with Gasteiger partial charge in [0.2, 0.25) is 0 Å². The molecule has 1 atom stereocenters. The molecule has 0 unspecified atom stereocenters. The fourth-order valence-electron chi connectivity index (χ4n) is 2.39. The summed E-state index contributed by atoms with van der Waals surface area (Å²) in [5.74, 6) is -1.86. The second-order valence-electron chi connectivity index (χ2n) is 6.20. The van der Waals surface area contributed by atoms with Crippen molar-refractivity contribution in [1.29, 1.82) is 0 Å². The van der Waals surface area contributed by atoms with Gasteiger partial charge in [0.05, 0.1) is 0 Å². The van der Waals surface area contributed by atoms with Crippen LogP contribution in [0.2, 0.25) is 0 Å². The van der Waals surface area contributed by atoms with Crippen molar-refractivity contribution in [3.05, 3.63) is 35.9 Å². The molecular weight excluding hydrogens is 331 g/mol. The van der Waals surface area contributed by atoms with Crippen LogP contribution in [0, 0.1) is 0 Å². The Kier molecular flexibility index (Phi) is 9.52. The molecule has 1 aromatic rings. The number of amides is 1. The average Bonchev–Trinajstić information content (AvgIpc) is 2.58. The molecule has 25 heavy (non-hydrogen) atoms. The number of unbranched alkanes of at least 4 members (excludes halogenated alkanes) is 1. The van der Waals surface area contributed by atoms with Gasteiger partial charge in [-0.05, 0) is 51.9 Å². The summed E-state index contributed by atoms with van der Waals surface area (Å²) in [6.45, 7) is 4.67. The number of rotatable bonds is 11. The van der Waals surface area contributed by atoms with Gasteiger partial charge in [-0.15, -0.1) is 0 Å². The maximum atomic E-state index is 12.1. The molecule has 0 saturated heterocycles. The third-order valence-electron chi connectivity index (χ3n) is 4.06. The predicted octanol–water partition coefficient (Wildman–Crippen LogP) is 2.95. The topological polar surface area (TPSA) is 44.4 Å². The average molecular weight is 359 g/mol. The van der Waals surface area contributed by atoms with Crippen LogP contribution in [0.25, 0.3) is 0 Å². The fourth-order valence-corrected chi connectivity index (χ4v) is 2.39. The van der Waals surface area contributed by atoms with Crippen LogP contribution in [-0.2, 0) is 11.3 Å². The van der Waals surface area contributed by atoms with Gasteiger partial charge >= 0.3 is 12.1 Å². The molecule has 0 aliphatic rings. The Hall–Kier alpha value is -1.60. The summed E-state index contributed by atoms with van der Waals surface area (Å²) in [6.07, 6.45) is -2.55. The summed E-state index contributed by atoms with van der Waals surface area (Å²) in [7, 11) is 1.93. The molecule has 2 N–H and O–H groups in total. The van der Waals surface area contributed by atoms with Crippen LogP contribution in [0.5, 0.6) is 0 Å². The molecule has 142 valence electrons. The normalized spacial score (nSPS) is 13.0. The van der Waals surface area contributed by atoms with E-state index >= 15 is 0 Å². The number of alkyl halides is 3. The Balaban J connectivity index is 2.38. The van der Waals surface area contributed by atoms with Crippen molar-refractivity contribution in [1.82, 2.24) is 15.5 Å². The smallest absolute Gasteiger partial charge is 0.348 e. The second-order valence-corrected chi connectivity index (χ2v) is 6.20. The van der Waals surface area contributed by atoms with Gasteiger partial charge in [-0.2, -0.15) is 13.2 Å². The highest BCUT2D eigenvalue weighted by Gasteiger charge is 2.38. The first-order chi connectivity index (χ1) is 11.8. The minimum atomic E-state index is -4.80. The van der Waals surface area contributed by atoms with E-state index in [4.69, 9.17) is 0 Å². The molecule has 0 heterocycles. The fraction of sp³-hybridized carbons (Fsp3) is 0.611. The third kappa shape index (κ3) is 9.45. The number of hydrogen-bond donors (Lipinski definition) is 2. The molecule has 0 saturated carbocycles. The largest absolute Gasteiger partial charge is 0.471 e.